The average molecular weight is 262 g/mol. The van der Waals surface area contributed by atoms with E-state index in [1.165, 1.54) is 0 Å². The summed E-state index contributed by atoms with van der Waals surface area (Å²) in [6, 6.07) is 13.4. The molecule has 0 spiro atoms. The quantitative estimate of drug-likeness (QED) is 0.721. The van der Waals surface area contributed by atoms with Crippen LogP contribution in [0.15, 0.2) is 54.9 Å². The zero-order valence-corrected chi connectivity index (χ0v) is 11.1. The smallest absolute Gasteiger partial charge is 0.160 e. The molecule has 0 saturated carbocycles. The molecule has 0 radical (unpaired) electrons. The van der Waals surface area contributed by atoms with E-state index in [2.05, 4.69) is 15.0 Å². The van der Waals surface area contributed by atoms with E-state index >= 15 is 0 Å². The number of hydrogen-bond donors (Lipinski definition) is 1. The van der Waals surface area contributed by atoms with Crippen molar-refractivity contribution in [2.24, 2.45) is 0 Å². The molecule has 4 nitrogen and oxygen atoms in total. The zero-order valence-electron chi connectivity index (χ0n) is 11.1. The maximum atomic E-state index is 5.85. The van der Waals surface area contributed by atoms with Crippen LogP contribution in [0.25, 0.3) is 22.8 Å². The molecule has 0 aliphatic carbocycles. The van der Waals surface area contributed by atoms with E-state index in [0.29, 0.717) is 11.5 Å². The number of anilines is 1. The molecule has 0 aliphatic heterocycles. The van der Waals surface area contributed by atoms with Crippen molar-refractivity contribution in [3.8, 4) is 22.8 Å². The standard InChI is InChI=1S/C16H14N4/c1-11-5-6-12(17)10-13(11)16-19-9-7-15(20-16)14-4-2-3-8-18-14/h2-10H,17H2,1H3. The van der Waals surface area contributed by atoms with Crippen LogP contribution in [0.1, 0.15) is 5.56 Å². The van der Waals surface area contributed by atoms with E-state index < -0.39 is 0 Å². The van der Waals surface area contributed by atoms with Crippen molar-refractivity contribution in [1.82, 2.24) is 15.0 Å². The third-order valence-corrected chi connectivity index (χ3v) is 3.09. The van der Waals surface area contributed by atoms with Crippen molar-refractivity contribution < 1.29 is 0 Å². The number of aromatic nitrogens is 3. The van der Waals surface area contributed by atoms with E-state index in [1.54, 1.807) is 12.4 Å². The maximum absolute atomic E-state index is 5.85. The first-order valence-corrected chi connectivity index (χ1v) is 6.35. The molecule has 0 aliphatic rings. The van der Waals surface area contributed by atoms with Gasteiger partial charge in [0, 0.05) is 23.6 Å². The van der Waals surface area contributed by atoms with Gasteiger partial charge in [0.15, 0.2) is 5.82 Å². The van der Waals surface area contributed by atoms with Gasteiger partial charge in [-0.15, -0.1) is 0 Å². The molecule has 3 aromatic rings. The van der Waals surface area contributed by atoms with Gasteiger partial charge in [0.05, 0.1) is 11.4 Å². The van der Waals surface area contributed by atoms with Crippen molar-refractivity contribution in [3.63, 3.8) is 0 Å². The van der Waals surface area contributed by atoms with E-state index in [0.717, 1.165) is 22.5 Å². The summed E-state index contributed by atoms with van der Waals surface area (Å²) in [5.74, 6) is 0.665. The van der Waals surface area contributed by atoms with Crippen LogP contribution in [-0.4, -0.2) is 15.0 Å². The summed E-state index contributed by atoms with van der Waals surface area (Å²) in [4.78, 5) is 13.2. The molecule has 2 N–H and O–H groups in total. The van der Waals surface area contributed by atoms with E-state index in [4.69, 9.17) is 5.73 Å². The molecule has 1 aromatic carbocycles. The molecule has 0 fully saturated rings. The zero-order chi connectivity index (χ0) is 13.9. The molecule has 2 heterocycles. The molecule has 20 heavy (non-hydrogen) atoms. The van der Waals surface area contributed by atoms with Gasteiger partial charge in [-0.2, -0.15) is 0 Å². The number of rotatable bonds is 2. The van der Waals surface area contributed by atoms with Gasteiger partial charge in [0.25, 0.3) is 0 Å². The van der Waals surface area contributed by atoms with Crippen LogP contribution in [0.3, 0.4) is 0 Å². The summed E-state index contributed by atoms with van der Waals surface area (Å²) in [7, 11) is 0. The van der Waals surface area contributed by atoms with Crippen molar-refractivity contribution in [1.29, 1.82) is 0 Å². The molecule has 2 aromatic heterocycles. The number of hydrogen-bond acceptors (Lipinski definition) is 4. The lowest BCUT2D eigenvalue weighted by atomic mass is 10.1. The number of nitrogen functional groups attached to an aromatic ring is 1. The van der Waals surface area contributed by atoms with Crippen LogP contribution in [-0.2, 0) is 0 Å². The second kappa shape index (κ2) is 5.09. The summed E-state index contributed by atoms with van der Waals surface area (Å²) >= 11 is 0. The predicted molar refractivity (Wildman–Crippen MR) is 79.8 cm³/mol. The van der Waals surface area contributed by atoms with E-state index in [1.807, 2.05) is 49.4 Å². The molecule has 3 rings (SSSR count). The van der Waals surface area contributed by atoms with Crippen LogP contribution in [0.4, 0.5) is 5.69 Å². The van der Waals surface area contributed by atoms with Crippen LogP contribution < -0.4 is 5.73 Å². The van der Waals surface area contributed by atoms with Gasteiger partial charge < -0.3 is 5.73 Å². The molecule has 98 valence electrons. The largest absolute Gasteiger partial charge is 0.399 e. The Hall–Kier alpha value is -2.75. The molecule has 0 bridgehead atoms. The first kappa shape index (κ1) is 12.3. The van der Waals surface area contributed by atoms with Gasteiger partial charge in [0.1, 0.15) is 0 Å². The lowest BCUT2D eigenvalue weighted by Gasteiger charge is -2.07. The highest BCUT2D eigenvalue weighted by Crippen LogP contribution is 2.24. The summed E-state index contributed by atoms with van der Waals surface area (Å²) in [6.45, 7) is 2.02. The Bertz CT molecular complexity index is 738. The second-order valence-electron chi connectivity index (χ2n) is 4.55. The summed E-state index contributed by atoms with van der Waals surface area (Å²) in [5, 5.41) is 0. The van der Waals surface area contributed by atoms with E-state index in [-0.39, 0.29) is 0 Å². The van der Waals surface area contributed by atoms with Gasteiger partial charge in [-0.3, -0.25) is 4.98 Å². The molecule has 4 heteroatoms. The Balaban J connectivity index is 2.10. The number of nitrogens with two attached hydrogens (primary N) is 1. The van der Waals surface area contributed by atoms with Crippen LogP contribution in [0.5, 0.6) is 0 Å². The van der Waals surface area contributed by atoms with Gasteiger partial charge in [-0.1, -0.05) is 12.1 Å². The Labute approximate surface area is 117 Å². The fourth-order valence-electron chi connectivity index (χ4n) is 2.03. The van der Waals surface area contributed by atoms with E-state index in [9.17, 15) is 0 Å². The number of nitrogens with zero attached hydrogens (tertiary/aromatic N) is 3. The fraction of sp³-hybridized carbons (Fsp3) is 0.0625. The summed E-state index contributed by atoms with van der Waals surface area (Å²) in [5.41, 5.74) is 10.2. The number of pyridine rings is 1. The first-order valence-electron chi connectivity index (χ1n) is 6.35. The monoisotopic (exact) mass is 262 g/mol. The minimum Gasteiger partial charge on any atom is -0.399 e. The second-order valence-corrected chi connectivity index (χ2v) is 4.55. The van der Waals surface area contributed by atoms with Crippen molar-refractivity contribution >= 4 is 5.69 Å². The van der Waals surface area contributed by atoms with Gasteiger partial charge in [-0.05, 0) is 42.8 Å². The molecule has 0 saturated heterocycles. The van der Waals surface area contributed by atoms with Crippen molar-refractivity contribution in [3.05, 3.63) is 60.4 Å². The highest BCUT2D eigenvalue weighted by atomic mass is 14.9. The van der Waals surface area contributed by atoms with Gasteiger partial charge >= 0.3 is 0 Å². The third-order valence-electron chi connectivity index (χ3n) is 3.09. The summed E-state index contributed by atoms with van der Waals surface area (Å²) < 4.78 is 0. The van der Waals surface area contributed by atoms with Crippen LogP contribution in [0.2, 0.25) is 0 Å². The van der Waals surface area contributed by atoms with Gasteiger partial charge in [0.2, 0.25) is 0 Å². The Morgan fingerprint density at radius 2 is 1.80 bits per heavy atom. The highest BCUT2D eigenvalue weighted by molar-refractivity contribution is 5.67. The molecule has 0 unspecified atom stereocenters. The molecular weight excluding hydrogens is 248 g/mol. The third kappa shape index (κ3) is 2.36. The fourth-order valence-corrected chi connectivity index (χ4v) is 2.03. The Morgan fingerprint density at radius 3 is 2.60 bits per heavy atom. The minimum absolute atomic E-state index is 0.665. The van der Waals surface area contributed by atoms with Crippen molar-refractivity contribution in [2.75, 3.05) is 5.73 Å². The average Bonchev–Trinajstić information content (AvgIpc) is 2.51. The van der Waals surface area contributed by atoms with Crippen LogP contribution in [0, 0.1) is 6.92 Å². The topological polar surface area (TPSA) is 64.7 Å². The Morgan fingerprint density at radius 1 is 0.900 bits per heavy atom. The molecular formula is C16H14N4. The molecule has 0 atom stereocenters. The minimum atomic E-state index is 0.665. The van der Waals surface area contributed by atoms with Crippen molar-refractivity contribution in [2.45, 2.75) is 6.92 Å². The molecule has 0 amide bonds. The predicted octanol–water partition coefficient (Wildman–Crippen LogP) is 3.10. The highest BCUT2D eigenvalue weighted by Gasteiger charge is 2.08. The maximum Gasteiger partial charge on any atom is 0.160 e. The number of benzene rings is 1. The van der Waals surface area contributed by atoms with Gasteiger partial charge in [-0.25, -0.2) is 9.97 Å². The first-order chi connectivity index (χ1) is 9.74. The SMILES string of the molecule is Cc1ccc(N)cc1-c1nccc(-c2ccccn2)n1. The normalized spacial score (nSPS) is 10.4. The lowest BCUT2D eigenvalue weighted by molar-refractivity contribution is 1.15. The lowest BCUT2D eigenvalue weighted by Crippen LogP contribution is -1.96. The van der Waals surface area contributed by atoms with Crippen LogP contribution >= 0.6 is 0 Å². The summed E-state index contributed by atoms with van der Waals surface area (Å²) in [6.07, 6.45) is 3.50. The Kier molecular flexibility index (Phi) is 3.13. The number of aryl methyl sites for hydroxylation is 1.